The van der Waals surface area contributed by atoms with Crippen LogP contribution in [0.25, 0.3) is 10.2 Å². The van der Waals surface area contributed by atoms with Crippen LogP contribution in [-0.4, -0.2) is 19.3 Å². The molecule has 0 saturated heterocycles. The van der Waals surface area contributed by atoms with Crippen molar-refractivity contribution in [3.8, 4) is 0 Å². The average molecular weight is 390 g/mol. The van der Waals surface area contributed by atoms with Gasteiger partial charge < -0.3 is 5.32 Å². The third kappa shape index (κ3) is 3.86. The van der Waals surface area contributed by atoms with E-state index in [9.17, 15) is 13.2 Å². The zero-order chi connectivity index (χ0) is 18.9. The summed E-state index contributed by atoms with van der Waals surface area (Å²) in [5, 5.41) is 3.22. The first-order valence-electron chi connectivity index (χ1n) is 8.09. The van der Waals surface area contributed by atoms with Gasteiger partial charge in [0.1, 0.15) is 0 Å². The van der Waals surface area contributed by atoms with E-state index in [0.29, 0.717) is 22.8 Å². The largest absolute Gasteiger partial charge is 0.302 e. The first-order chi connectivity index (χ1) is 12.3. The minimum atomic E-state index is -3.67. The lowest BCUT2D eigenvalue weighted by atomic mass is 10.1. The van der Waals surface area contributed by atoms with Crippen LogP contribution in [0.1, 0.15) is 24.5 Å². The van der Waals surface area contributed by atoms with Crippen LogP contribution in [0.5, 0.6) is 0 Å². The number of thiazole rings is 1. The molecule has 6 nitrogen and oxygen atoms in total. The van der Waals surface area contributed by atoms with E-state index in [1.807, 2.05) is 13.8 Å². The molecule has 136 valence electrons. The Hall–Kier alpha value is -2.45. The van der Waals surface area contributed by atoms with Crippen molar-refractivity contribution in [3.63, 3.8) is 0 Å². The number of fused-ring (bicyclic) bond motifs is 1. The minimum Gasteiger partial charge on any atom is -0.302 e. The monoisotopic (exact) mass is 389 g/mol. The van der Waals surface area contributed by atoms with Gasteiger partial charge in [0.2, 0.25) is 5.91 Å². The molecule has 0 unspecified atom stereocenters. The van der Waals surface area contributed by atoms with Gasteiger partial charge >= 0.3 is 0 Å². The lowest BCUT2D eigenvalue weighted by Crippen LogP contribution is -2.13. The Morgan fingerprint density at radius 1 is 1.12 bits per heavy atom. The summed E-state index contributed by atoms with van der Waals surface area (Å²) in [5.74, 6) is -0.111. The topological polar surface area (TPSA) is 88.2 Å². The number of nitrogens with zero attached hydrogens (tertiary/aromatic N) is 1. The van der Waals surface area contributed by atoms with Crippen molar-refractivity contribution in [2.75, 3.05) is 10.0 Å². The molecule has 0 spiro atoms. The molecule has 1 aromatic heterocycles. The normalized spacial score (nSPS) is 11.5. The van der Waals surface area contributed by atoms with Gasteiger partial charge in [-0.15, -0.1) is 0 Å². The van der Waals surface area contributed by atoms with Crippen LogP contribution in [0, 0.1) is 13.8 Å². The van der Waals surface area contributed by atoms with Crippen molar-refractivity contribution in [1.82, 2.24) is 4.98 Å². The Morgan fingerprint density at radius 2 is 1.88 bits per heavy atom. The van der Waals surface area contributed by atoms with Crippen LogP contribution >= 0.6 is 11.3 Å². The van der Waals surface area contributed by atoms with Crippen molar-refractivity contribution < 1.29 is 13.2 Å². The zero-order valence-electron chi connectivity index (χ0n) is 14.7. The number of hydrogen-bond acceptors (Lipinski definition) is 5. The molecule has 0 aliphatic heterocycles. The molecule has 3 rings (SSSR count). The standard InChI is InChI=1S/C18H19N3O3S2/c1-4-17(22)20-18-19-15-8-6-13(10-16(15)25-18)21-26(23,24)14-7-5-11(2)12(3)9-14/h5-10,21H,4H2,1-3H3,(H,19,20,22). The molecule has 0 aliphatic carbocycles. The second-order valence-electron chi connectivity index (χ2n) is 5.95. The van der Waals surface area contributed by atoms with Gasteiger partial charge in [0.25, 0.3) is 10.0 Å². The van der Waals surface area contributed by atoms with Crippen LogP contribution in [0.3, 0.4) is 0 Å². The predicted molar refractivity (Wildman–Crippen MR) is 105 cm³/mol. The number of aryl methyl sites for hydroxylation is 2. The molecule has 0 fully saturated rings. The number of anilines is 2. The Labute approximate surface area is 156 Å². The van der Waals surface area contributed by atoms with Gasteiger partial charge in [0.15, 0.2) is 5.13 Å². The van der Waals surface area contributed by atoms with E-state index in [1.165, 1.54) is 11.3 Å². The van der Waals surface area contributed by atoms with Crippen molar-refractivity contribution in [1.29, 1.82) is 0 Å². The lowest BCUT2D eigenvalue weighted by molar-refractivity contribution is -0.115. The molecule has 2 aromatic carbocycles. The van der Waals surface area contributed by atoms with Crippen LogP contribution < -0.4 is 10.0 Å². The fourth-order valence-corrected chi connectivity index (χ4v) is 4.40. The molecule has 1 amide bonds. The fourth-order valence-electron chi connectivity index (χ4n) is 2.34. The average Bonchev–Trinajstić information content (AvgIpc) is 2.98. The molecule has 0 bridgehead atoms. The summed E-state index contributed by atoms with van der Waals surface area (Å²) >= 11 is 1.30. The first kappa shape index (κ1) is 18.3. The number of rotatable bonds is 5. The zero-order valence-corrected chi connectivity index (χ0v) is 16.3. The second kappa shape index (κ2) is 7.05. The van der Waals surface area contributed by atoms with E-state index in [-0.39, 0.29) is 10.8 Å². The molecule has 1 heterocycles. The molecular formula is C18H19N3O3S2. The van der Waals surface area contributed by atoms with E-state index in [1.54, 1.807) is 43.3 Å². The minimum absolute atomic E-state index is 0.111. The van der Waals surface area contributed by atoms with Gasteiger partial charge in [0.05, 0.1) is 20.8 Å². The summed E-state index contributed by atoms with van der Waals surface area (Å²) < 4.78 is 28.6. The molecule has 26 heavy (non-hydrogen) atoms. The van der Waals surface area contributed by atoms with Crippen molar-refractivity contribution in [2.24, 2.45) is 0 Å². The van der Waals surface area contributed by atoms with Crippen molar-refractivity contribution in [3.05, 3.63) is 47.5 Å². The maximum Gasteiger partial charge on any atom is 0.261 e. The summed E-state index contributed by atoms with van der Waals surface area (Å²) in [6.45, 7) is 5.58. The molecule has 3 aromatic rings. The maximum absolute atomic E-state index is 12.6. The molecular weight excluding hydrogens is 370 g/mol. The Morgan fingerprint density at radius 3 is 2.58 bits per heavy atom. The van der Waals surface area contributed by atoms with Gasteiger partial charge in [-0.05, 0) is 55.3 Å². The van der Waals surface area contributed by atoms with E-state index >= 15 is 0 Å². The highest BCUT2D eigenvalue weighted by atomic mass is 32.2. The quantitative estimate of drug-likeness (QED) is 0.689. The second-order valence-corrected chi connectivity index (χ2v) is 8.67. The highest BCUT2D eigenvalue weighted by Crippen LogP contribution is 2.29. The van der Waals surface area contributed by atoms with Crippen LogP contribution in [-0.2, 0) is 14.8 Å². The van der Waals surface area contributed by atoms with Gasteiger partial charge in [-0.1, -0.05) is 24.3 Å². The SMILES string of the molecule is CCC(=O)Nc1nc2ccc(NS(=O)(=O)c3ccc(C)c(C)c3)cc2s1. The van der Waals surface area contributed by atoms with E-state index in [4.69, 9.17) is 0 Å². The fraction of sp³-hybridized carbons (Fsp3) is 0.222. The van der Waals surface area contributed by atoms with E-state index < -0.39 is 10.0 Å². The van der Waals surface area contributed by atoms with Gasteiger partial charge in [0, 0.05) is 6.42 Å². The Balaban J connectivity index is 1.88. The lowest BCUT2D eigenvalue weighted by Gasteiger charge is -2.09. The molecule has 0 radical (unpaired) electrons. The smallest absolute Gasteiger partial charge is 0.261 e. The van der Waals surface area contributed by atoms with E-state index in [2.05, 4.69) is 15.0 Å². The van der Waals surface area contributed by atoms with Crippen LogP contribution in [0.15, 0.2) is 41.3 Å². The van der Waals surface area contributed by atoms with E-state index in [0.717, 1.165) is 15.8 Å². The molecule has 0 atom stereocenters. The summed E-state index contributed by atoms with van der Waals surface area (Å²) in [5.41, 5.74) is 3.11. The molecule has 0 aliphatic rings. The summed E-state index contributed by atoms with van der Waals surface area (Å²) in [7, 11) is -3.67. The number of aromatic nitrogens is 1. The summed E-state index contributed by atoms with van der Waals surface area (Å²) in [6.07, 6.45) is 0.372. The predicted octanol–water partition coefficient (Wildman–Crippen LogP) is 4.06. The van der Waals surface area contributed by atoms with Gasteiger partial charge in [-0.3, -0.25) is 9.52 Å². The summed E-state index contributed by atoms with van der Waals surface area (Å²) in [6, 6.07) is 10.1. The van der Waals surface area contributed by atoms with Crippen LogP contribution in [0.4, 0.5) is 10.8 Å². The third-order valence-corrected chi connectivity index (χ3v) is 6.31. The Kier molecular flexibility index (Phi) is 4.97. The summed E-state index contributed by atoms with van der Waals surface area (Å²) in [4.78, 5) is 16.0. The van der Waals surface area contributed by atoms with Crippen molar-refractivity contribution >= 4 is 48.3 Å². The number of carbonyl (C=O) groups is 1. The molecule has 8 heteroatoms. The number of hydrogen-bond donors (Lipinski definition) is 2. The number of sulfonamides is 1. The van der Waals surface area contributed by atoms with Crippen LogP contribution in [0.2, 0.25) is 0 Å². The maximum atomic E-state index is 12.6. The number of benzene rings is 2. The number of nitrogens with one attached hydrogen (secondary N) is 2. The third-order valence-electron chi connectivity index (χ3n) is 4.00. The Bertz CT molecular complexity index is 1090. The first-order valence-corrected chi connectivity index (χ1v) is 10.4. The highest BCUT2D eigenvalue weighted by Gasteiger charge is 2.16. The number of carbonyl (C=O) groups excluding carboxylic acids is 1. The molecule has 0 saturated carbocycles. The van der Waals surface area contributed by atoms with Gasteiger partial charge in [-0.25, -0.2) is 13.4 Å². The molecule has 2 N–H and O–H groups in total. The van der Waals surface area contributed by atoms with Gasteiger partial charge in [-0.2, -0.15) is 0 Å². The number of amides is 1. The van der Waals surface area contributed by atoms with Crippen molar-refractivity contribution in [2.45, 2.75) is 32.1 Å². The highest BCUT2D eigenvalue weighted by molar-refractivity contribution is 7.92.